The SMILES string of the molecule is NC1CCC(N)(c2ncc3c(-c4ccc5ncccc5n4)ccn3n2)CC1. The number of hydrogen-bond acceptors (Lipinski definition) is 6. The lowest BCUT2D eigenvalue weighted by Gasteiger charge is -2.34. The largest absolute Gasteiger partial charge is 0.328 e. The van der Waals surface area contributed by atoms with Crippen molar-refractivity contribution in [3.8, 4) is 11.3 Å². The van der Waals surface area contributed by atoms with E-state index in [9.17, 15) is 0 Å². The average Bonchev–Trinajstić information content (AvgIpc) is 3.13. The van der Waals surface area contributed by atoms with Crippen molar-refractivity contribution in [2.75, 3.05) is 0 Å². The molecule has 0 bridgehead atoms. The van der Waals surface area contributed by atoms with Gasteiger partial charge in [-0.25, -0.2) is 14.5 Å². The van der Waals surface area contributed by atoms with Crippen LogP contribution in [0.4, 0.5) is 0 Å². The van der Waals surface area contributed by atoms with Gasteiger partial charge in [-0.15, -0.1) is 0 Å². The first kappa shape index (κ1) is 16.3. The van der Waals surface area contributed by atoms with Crippen molar-refractivity contribution in [2.24, 2.45) is 11.5 Å². The molecule has 4 aromatic rings. The molecule has 0 radical (unpaired) electrons. The minimum Gasteiger partial charge on any atom is -0.328 e. The molecular formula is C20H21N7. The zero-order valence-corrected chi connectivity index (χ0v) is 14.9. The first-order valence-electron chi connectivity index (χ1n) is 9.24. The van der Waals surface area contributed by atoms with Crippen molar-refractivity contribution >= 4 is 16.6 Å². The van der Waals surface area contributed by atoms with Crippen LogP contribution in [0.2, 0.25) is 0 Å². The van der Waals surface area contributed by atoms with Crippen LogP contribution in [0, 0.1) is 0 Å². The van der Waals surface area contributed by atoms with Gasteiger partial charge in [0.05, 0.1) is 34.0 Å². The predicted molar refractivity (Wildman–Crippen MR) is 104 cm³/mol. The Hall–Kier alpha value is -2.90. The van der Waals surface area contributed by atoms with Crippen molar-refractivity contribution in [3.05, 3.63) is 54.7 Å². The van der Waals surface area contributed by atoms with E-state index in [-0.39, 0.29) is 6.04 Å². The molecule has 0 atom stereocenters. The Balaban J connectivity index is 1.55. The fourth-order valence-corrected chi connectivity index (χ4v) is 3.83. The van der Waals surface area contributed by atoms with Crippen molar-refractivity contribution in [1.82, 2.24) is 24.6 Å². The molecule has 0 aliphatic heterocycles. The smallest absolute Gasteiger partial charge is 0.169 e. The summed E-state index contributed by atoms with van der Waals surface area (Å²) in [4.78, 5) is 13.7. The number of nitrogens with two attached hydrogens (primary N) is 2. The van der Waals surface area contributed by atoms with Gasteiger partial charge in [0, 0.05) is 24.0 Å². The molecule has 0 unspecified atom stereocenters. The molecule has 0 aromatic carbocycles. The molecule has 7 heteroatoms. The Morgan fingerprint density at radius 1 is 1.04 bits per heavy atom. The van der Waals surface area contributed by atoms with E-state index in [1.165, 1.54) is 0 Å². The zero-order chi connectivity index (χ0) is 18.4. The number of aromatic nitrogens is 5. The molecule has 1 saturated carbocycles. The molecule has 136 valence electrons. The van der Waals surface area contributed by atoms with E-state index in [2.05, 4.69) is 9.97 Å². The van der Waals surface area contributed by atoms with E-state index in [0.29, 0.717) is 5.82 Å². The monoisotopic (exact) mass is 359 g/mol. The maximum absolute atomic E-state index is 6.60. The highest BCUT2D eigenvalue weighted by Crippen LogP contribution is 2.33. The van der Waals surface area contributed by atoms with E-state index in [0.717, 1.165) is 53.5 Å². The van der Waals surface area contributed by atoms with Gasteiger partial charge in [0.25, 0.3) is 0 Å². The van der Waals surface area contributed by atoms with Crippen LogP contribution >= 0.6 is 0 Å². The first-order valence-corrected chi connectivity index (χ1v) is 9.24. The maximum atomic E-state index is 6.60. The van der Waals surface area contributed by atoms with E-state index in [1.54, 1.807) is 6.20 Å². The Kier molecular flexibility index (Phi) is 3.66. The predicted octanol–water partition coefficient (Wildman–Crippen LogP) is 2.39. The number of pyridine rings is 2. The number of nitrogens with zero attached hydrogens (tertiary/aromatic N) is 5. The normalized spacial score (nSPS) is 23.1. The average molecular weight is 359 g/mol. The van der Waals surface area contributed by atoms with Gasteiger partial charge in [-0.2, -0.15) is 5.10 Å². The van der Waals surface area contributed by atoms with E-state index < -0.39 is 5.54 Å². The third-order valence-corrected chi connectivity index (χ3v) is 5.52. The lowest BCUT2D eigenvalue weighted by atomic mass is 9.80. The van der Waals surface area contributed by atoms with Crippen molar-refractivity contribution < 1.29 is 0 Å². The van der Waals surface area contributed by atoms with Gasteiger partial charge in [-0.3, -0.25) is 4.98 Å². The maximum Gasteiger partial charge on any atom is 0.169 e. The van der Waals surface area contributed by atoms with Gasteiger partial charge in [-0.05, 0) is 56.0 Å². The third-order valence-electron chi connectivity index (χ3n) is 5.52. The quantitative estimate of drug-likeness (QED) is 0.569. The summed E-state index contributed by atoms with van der Waals surface area (Å²) in [7, 11) is 0. The Morgan fingerprint density at radius 3 is 2.74 bits per heavy atom. The highest BCUT2D eigenvalue weighted by Gasteiger charge is 2.35. The van der Waals surface area contributed by atoms with Crippen molar-refractivity contribution in [2.45, 2.75) is 37.3 Å². The van der Waals surface area contributed by atoms with Crippen LogP contribution in [-0.4, -0.2) is 30.6 Å². The minimum absolute atomic E-state index is 0.233. The summed E-state index contributed by atoms with van der Waals surface area (Å²) < 4.78 is 1.84. The van der Waals surface area contributed by atoms with E-state index in [1.807, 2.05) is 47.2 Å². The number of rotatable bonds is 2. The van der Waals surface area contributed by atoms with Crippen LogP contribution in [0.25, 0.3) is 27.8 Å². The van der Waals surface area contributed by atoms with Gasteiger partial charge in [0.2, 0.25) is 0 Å². The molecular weight excluding hydrogens is 338 g/mol. The molecule has 4 N–H and O–H groups in total. The fraction of sp³-hybridized carbons (Fsp3) is 0.300. The topological polar surface area (TPSA) is 108 Å². The molecule has 1 aliphatic carbocycles. The van der Waals surface area contributed by atoms with Gasteiger partial charge in [0.1, 0.15) is 0 Å². The second-order valence-corrected chi connectivity index (χ2v) is 7.37. The lowest BCUT2D eigenvalue weighted by Crippen LogP contribution is -2.45. The summed E-state index contributed by atoms with van der Waals surface area (Å²) in [5, 5.41) is 4.70. The molecule has 4 aromatic heterocycles. The van der Waals surface area contributed by atoms with Crippen molar-refractivity contribution in [3.63, 3.8) is 0 Å². The highest BCUT2D eigenvalue weighted by molar-refractivity contribution is 5.83. The molecule has 4 heterocycles. The molecule has 27 heavy (non-hydrogen) atoms. The molecule has 7 nitrogen and oxygen atoms in total. The van der Waals surface area contributed by atoms with E-state index in [4.69, 9.17) is 21.5 Å². The summed E-state index contributed by atoms with van der Waals surface area (Å²) in [5.41, 5.74) is 16.6. The first-order chi connectivity index (χ1) is 13.1. The summed E-state index contributed by atoms with van der Waals surface area (Å²) in [6, 6.07) is 10.1. The van der Waals surface area contributed by atoms with Crippen LogP contribution in [0.1, 0.15) is 31.5 Å². The summed E-state index contributed by atoms with van der Waals surface area (Å²) in [6.45, 7) is 0. The molecule has 0 spiro atoms. The van der Waals surface area contributed by atoms with Gasteiger partial charge >= 0.3 is 0 Å². The summed E-state index contributed by atoms with van der Waals surface area (Å²) in [6.07, 6.45) is 8.99. The molecule has 1 aliphatic rings. The molecule has 1 fully saturated rings. The van der Waals surface area contributed by atoms with Gasteiger partial charge < -0.3 is 11.5 Å². The Labute approximate surface area is 156 Å². The van der Waals surface area contributed by atoms with E-state index >= 15 is 0 Å². The molecule has 0 saturated heterocycles. The van der Waals surface area contributed by atoms with Gasteiger partial charge in [-0.1, -0.05) is 0 Å². The van der Waals surface area contributed by atoms with Crippen LogP contribution in [-0.2, 0) is 5.54 Å². The lowest BCUT2D eigenvalue weighted by molar-refractivity contribution is 0.262. The Bertz CT molecular complexity index is 1130. The van der Waals surface area contributed by atoms with Crippen molar-refractivity contribution in [1.29, 1.82) is 0 Å². The zero-order valence-electron chi connectivity index (χ0n) is 14.9. The number of fused-ring (bicyclic) bond motifs is 2. The molecule has 0 amide bonds. The van der Waals surface area contributed by atoms with Crippen LogP contribution in [0.15, 0.2) is 48.9 Å². The second kappa shape index (κ2) is 6.07. The highest BCUT2D eigenvalue weighted by atomic mass is 15.3. The summed E-state index contributed by atoms with van der Waals surface area (Å²) in [5.74, 6) is 0.680. The molecule has 5 rings (SSSR count). The van der Waals surface area contributed by atoms with Crippen LogP contribution in [0.5, 0.6) is 0 Å². The standard InChI is InChI=1S/C20H21N7/c21-13-5-8-20(22,9-6-13)19-24-12-18-14(7-11-27(18)26-19)15-3-4-16-17(25-15)2-1-10-23-16/h1-4,7,10-13H,5-6,8-9,21-22H2. The van der Waals surface area contributed by atoms with Gasteiger partial charge in [0.15, 0.2) is 5.82 Å². The Morgan fingerprint density at radius 2 is 1.89 bits per heavy atom. The minimum atomic E-state index is -0.499. The van der Waals surface area contributed by atoms with Crippen LogP contribution < -0.4 is 11.5 Å². The van der Waals surface area contributed by atoms with Crippen LogP contribution in [0.3, 0.4) is 0 Å². The third kappa shape index (κ3) is 2.75. The number of hydrogen-bond donors (Lipinski definition) is 2. The second-order valence-electron chi connectivity index (χ2n) is 7.37. The fourth-order valence-electron chi connectivity index (χ4n) is 3.83. The summed E-state index contributed by atoms with van der Waals surface area (Å²) >= 11 is 0.